The number of aromatic nitrogens is 3. The fraction of sp³-hybridized carbons (Fsp3) is 0.143. The summed E-state index contributed by atoms with van der Waals surface area (Å²) >= 11 is 6.02. The van der Waals surface area contributed by atoms with E-state index in [0.29, 0.717) is 5.15 Å². The van der Waals surface area contributed by atoms with Crippen LogP contribution in [0.15, 0.2) is 48.7 Å². The molecule has 0 fully saturated rings. The van der Waals surface area contributed by atoms with E-state index in [1.165, 1.54) is 5.56 Å². The van der Waals surface area contributed by atoms with Gasteiger partial charge in [-0.3, -0.25) is 0 Å². The zero-order chi connectivity index (χ0) is 13.2. The van der Waals surface area contributed by atoms with Crippen molar-refractivity contribution in [2.45, 2.75) is 13.0 Å². The maximum absolute atomic E-state index is 6.02. The van der Waals surface area contributed by atoms with Gasteiger partial charge in [0.2, 0.25) is 0 Å². The SMILES string of the molecule is C[C@H](Nc1cc(Cl)nc2ccnn12)c1ccccc1. The van der Waals surface area contributed by atoms with Gasteiger partial charge in [-0.2, -0.15) is 9.61 Å². The van der Waals surface area contributed by atoms with Crippen LogP contribution >= 0.6 is 11.6 Å². The van der Waals surface area contributed by atoms with Gasteiger partial charge in [-0.15, -0.1) is 0 Å². The van der Waals surface area contributed by atoms with Crippen LogP contribution in [0.5, 0.6) is 0 Å². The summed E-state index contributed by atoms with van der Waals surface area (Å²) in [6.07, 6.45) is 1.71. The first-order valence-electron chi connectivity index (χ1n) is 6.06. The highest BCUT2D eigenvalue weighted by Crippen LogP contribution is 2.21. The van der Waals surface area contributed by atoms with Crippen molar-refractivity contribution in [2.75, 3.05) is 5.32 Å². The molecule has 1 aromatic carbocycles. The normalized spacial score (nSPS) is 12.5. The highest BCUT2D eigenvalue weighted by molar-refractivity contribution is 6.29. The molecule has 0 aliphatic rings. The first-order valence-corrected chi connectivity index (χ1v) is 6.43. The Bertz CT molecular complexity index is 693. The number of nitrogens with one attached hydrogen (secondary N) is 1. The third-order valence-corrected chi connectivity index (χ3v) is 3.19. The minimum atomic E-state index is 0.159. The lowest BCUT2D eigenvalue weighted by Crippen LogP contribution is -2.10. The van der Waals surface area contributed by atoms with Gasteiger partial charge in [-0.05, 0) is 12.5 Å². The van der Waals surface area contributed by atoms with Crippen LogP contribution in [0.3, 0.4) is 0 Å². The standard InChI is InChI=1S/C14H13ClN4/c1-10(11-5-3-2-4-6-11)17-14-9-12(15)18-13-7-8-16-19(13)14/h2-10,17H,1H3/t10-/m0/s1. The Morgan fingerprint density at radius 3 is 2.79 bits per heavy atom. The van der Waals surface area contributed by atoms with Crippen molar-refractivity contribution in [3.8, 4) is 0 Å². The second-order valence-electron chi connectivity index (χ2n) is 4.34. The van der Waals surface area contributed by atoms with Gasteiger partial charge in [0.1, 0.15) is 11.0 Å². The molecular weight excluding hydrogens is 260 g/mol. The molecule has 0 radical (unpaired) electrons. The van der Waals surface area contributed by atoms with Gasteiger partial charge in [0.25, 0.3) is 0 Å². The first-order chi connectivity index (χ1) is 9.24. The number of benzene rings is 1. The third kappa shape index (κ3) is 2.39. The Labute approximate surface area is 116 Å². The molecule has 5 heteroatoms. The van der Waals surface area contributed by atoms with Gasteiger partial charge in [0.05, 0.1) is 6.20 Å². The maximum Gasteiger partial charge on any atom is 0.159 e. The van der Waals surface area contributed by atoms with Crippen LogP contribution in [0, 0.1) is 0 Å². The average Bonchev–Trinajstić information content (AvgIpc) is 2.88. The molecule has 0 spiro atoms. The molecule has 3 aromatic rings. The summed E-state index contributed by atoms with van der Waals surface area (Å²) < 4.78 is 1.74. The van der Waals surface area contributed by atoms with Crippen LogP contribution in [0.25, 0.3) is 5.65 Å². The largest absolute Gasteiger partial charge is 0.363 e. The third-order valence-electron chi connectivity index (χ3n) is 2.99. The lowest BCUT2D eigenvalue weighted by atomic mass is 10.1. The number of anilines is 1. The van der Waals surface area contributed by atoms with Crippen molar-refractivity contribution >= 4 is 23.1 Å². The molecule has 96 valence electrons. The lowest BCUT2D eigenvalue weighted by molar-refractivity contribution is 0.841. The number of hydrogen-bond donors (Lipinski definition) is 1. The molecule has 1 atom stereocenters. The summed E-state index contributed by atoms with van der Waals surface area (Å²) in [5, 5.41) is 8.10. The quantitative estimate of drug-likeness (QED) is 0.742. The van der Waals surface area contributed by atoms with Crippen molar-refractivity contribution in [3.63, 3.8) is 0 Å². The summed E-state index contributed by atoms with van der Waals surface area (Å²) in [5.74, 6) is 0.830. The van der Waals surface area contributed by atoms with Crippen LogP contribution < -0.4 is 5.32 Å². The Hall–Kier alpha value is -2.07. The van der Waals surface area contributed by atoms with E-state index < -0.39 is 0 Å². The van der Waals surface area contributed by atoms with Crippen LogP contribution in [0.4, 0.5) is 5.82 Å². The molecule has 0 saturated carbocycles. The summed E-state index contributed by atoms with van der Waals surface area (Å²) in [6, 6.07) is 14.0. The molecule has 3 rings (SSSR count). The van der Waals surface area contributed by atoms with E-state index >= 15 is 0 Å². The van der Waals surface area contributed by atoms with Gasteiger partial charge in [0, 0.05) is 18.2 Å². The van der Waals surface area contributed by atoms with Gasteiger partial charge >= 0.3 is 0 Å². The van der Waals surface area contributed by atoms with Crippen LogP contribution in [-0.4, -0.2) is 14.6 Å². The molecule has 0 bridgehead atoms. The smallest absolute Gasteiger partial charge is 0.159 e. The van der Waals surface area contributed by atoms with Gasteiger partial charge < -0.3 is 5.32 Å². The molecule has 2 aromatic heterocycles. The lowest BCUT2D eigenvalue weighted by Gasteiger charge is -2.16. The molecular formula is C14H13ClN4. The number of nitrogens with zero attached hydrogens (tertiary/aromatic N) is 3. The zero-order valence-corrected chi connectivity index (χ0v) is 11.2. The van der Waals surface area contributed by atoms with Crippen molar-refractivity contribution < 1.29 is 0 Å². The first kappa shape index (κ1) is 12.0. The van der Waals surface area contributed by atoms with Gasteiger partial charge in [0.15, 0.2) is 5.65 Å². The molecule has 1 N–H and O–H groups in total. The van der Waals surface area contributed by atoms with Crippen molar-refractivity contribution in [1.82, 2.24) is 14.6 Å². The topological polar surface area (TPSA) is 42.2 Å². The van der Waals surface area contributed by atoms with E-state index in [2.05, 4.69) is 34.5 Å². The predicted molar refractivity (Wildman–Crippen MR) is 76.5 cm³/mol. The minimum Gasteiger partial charge on any atom is -0.363 e. The van der Waals surface area contributed by atoms with Gasteiger partial charge in [-0.1, -0.05) is 41.9 Å². The second-order valence-corrected chi connectivity index (χ2v) is 4.73. The number of hydrogen-bond acceptors (Lipinski definition) is 3. The van der Waals surface area contributed by atoms with E-state index in [-0.39, 0.29) is 6.04 Å². The fourth-order valence-electron chi connectivity index (χ4n) is 2.03. The highest BCUT2D eigenvalue weighted by Gasteiger charge is 2.09. The minimum absolute atomic E-state index is 0.159. The summed E-state index contributed by atoms with van der Waals surface area (Å²) in [7, 11) is 0. The maximum atomic E-state index is 6.02. The Morgan fingerprint density at radius 1 is 1.21 bits per heavy atom. The second kappa shape index (κ2) is 4.90. The van der Waals surface area contributed by atoms with Crippen molar-refractivity contribution in [2.24, 2.45) is 0 Å². The highest BCUT2D eigenvalue weighted by atomic mass is 35.5. The fourth-order valence-corrected chi connectivity index (χ4v) is 2.22. The molecule has 0 aliphatic carbocycles. The van der Waals surface area contributed by atoms with E-state index in [1.54, 1.807) is 16.8 Å². The number of rotatable bonds is 3. The van der Waals surface area contributed by atoms with Crippen LogP contribution in [0.1, 0.15) is 18.5 Å². The van der Waals surface area contributed by atoms with Crippen molar-refractivity contribution in [3.05, 3.63) is 59.4 Å². The van der Waals surface area contributed by atoms with E-state index in [1.807, 2.05) is 24.3 Å². The van der Waals surface area contributed by atoms with E-state index in [9.17, 15) is 0 Å². The molecule has 19 heavy (non-hydrogen) atoms. The number of fused-ring (bicyclic) bond motifs is 1. The molecule has 0 amide bonds. The van der Waals surface area contributed by atoms with Crippen LogP contribution in [-0.2, 0) is 0 Å². The van der Waals surface area contributed by atoms with Crippen molar-refractivity contribution in [1.29, 1.82) is 0 Å². The Balaban J connectivity index is 1.95. The number of halogens is 1. The zero-order valence-electron chi connectivity index (χ0n) is 10.4. The molecule has 4 nitrogen and oxygen atoms in total. The van der Waals surface area contributed by atoms with Crippen LogP contribution in [0.2, 0.25) is 5.15 Å². The predicted octanol–water partition coefficient (Wildman–Crippen LogP) is 3.56. The molecule has 2 heterocycles. The molecule has 0 aliphatic heterocycles. The summed E-state index contributed by atoms with van der Waals surface area (Å²) in [5.41, 5.74) is 1.94. The summed E-state index contributed by atoms with van der Waals surface area (Å²) in [4.78, 5) is 4.20. The average molecular weight is 273 g/mol. The van der Waals surface area contributed by atoms with Gasteiger partial charge in [-0.25, -0.2) is 4.98 Å². The summed E-state index contributed by atoms with van der Waals surface area (Å²) in [6.45, 7) is 2.10. The Kier molecular flexibility index (Phi) is 3.09. The van der Waals surface area contributed by atoms with E-state index in [0.717, 1.165) is 11.5 Å². The Morgan fingerprint density at radius 2 is 2.00 bits per heavy atom. The molecule has 0 unspecified atom stereocenters. The monoisotopic (exact) mass is 272 g/mol. The van der Waals surface area contributed by atoms with E-state index in [4.69, 9.17) is 11.6 Å². The molecule has 0 saturated heterocycles.